The number of hydrogen-bond donors (Lipinski definition) is 2. The lowest BCUT2D eigenvalue weighted by atomic mass is 10.1. The third-order valence-electron chi connectivity index (χ3n) is 3.51. The molecule has 0 saturated carbocycles. The highest BCUT2D eigenvalue weighted by molar-refractivity contribution is 7.80. The molecule has 25 heavy (non-hydrogen) atoms. The highest BCUT2D eigenvalue weighted by Gasteiger charge is 2.13. The van der Waals surface area contributed by atoms with Crippen LogP contribution in [-0.4, -0.2) is 26.4 Å². The van der Waals surface area contributed by atoms with E-state index in [1.807, 2.05) is 26.0 Å². The Morgan fingerprint density at radius 2 is 2.12 bits per heavy atom. The van der Waals surface area contributed by atoms with Crippen LogP contribution in [0, 0.1) is 6.92 Å². The first-order valence-electron chi connectivity index (χ1n) is 7.65. The molecule has 6 nitrogen and oxygen atoms in total. The van der Waals surface area contributed by atoms with Crippen molar-refractivity contribution >= 4 is 51.7 Å². The number of amides is 1. The number of fused-ring (bicyclic) bond motifs is 1. The molecule has 1 aromatic heterocycles. The summed E-state index contributed by atoms with van der Waals surface area (Å²) >= 11 is 6.41. The molecule has 128 valence electrons. The van der Waals surface area contributed by atoms with E-state index in [0.717, 1.165) is 34.0 Å². The van der Waals surface area contributed by atoms with Crippen molar-refractivity contribution < 1.29 is 9.53 Å². The van der Waals surface area contributed by atoms with E-state index in [4.69, 9.17) is 17.0 Å². The van der Waals surface area contributed by atoms with Gasteiger partial charge in [0.25, 0.3) is 5.91 Å². The highest BCUT2D eigenvalue weighted by atomic mass is 32.1. The molecule has 0 aliphatic carbocycles. The lowest BCUT2D eigenvalue weighted by Gasteiger charge is -2.12. The summed E-state index contributed by atoms with van der Waals surface area (Å²) in [5.41, 5.74) is 3.71. The number of carbonyl (C=O) groups is 1. The second-order valence-electron chi connectivity index (χ2n) is 5.26. The fraction of sp³-hybridized carbons (Fsp3) is 0.176. The van der Waals surface area contributed by atoms with Crippen LogP contribution < -0.4 is 15.4 Å². The zero-order valence-corrected chi connectivity index (χ0v) is 15.3. The van der Waals surface area contributed by atoms with Gasteiger partial charge in [0.05, 0.1) is 24.0 Å². The second-order valence-corrected chi connectivity index (χ2v) is 6.20. The zero-order chi connectivity index (χ0) is 17.8. The lowest BCUT2D eigenvalue weighted by molar-refractivity contribution is 0.0977. The molecule has 3 rings (SSSR count). The molecule has 0 unspecified atom stereocenters. The Kier molecular flexibility index (Phi) is 5.20. The van der Waals surface area contributed by atoms with Crippen LogP contribution in [0.15, 0.2) is 36.4 Å². The molecular formula is C17H16N4O2S2. The summed E-state index contributed by atoms with van der Waals surface area (Å²) in [6.07, 6.45) is 0. The predicted molar refractivity (Wildman–Crippen MR) is 103 cm³/mol. The van der Waals surface area contributed by atoms with E-state index in [1.54, 1.807) is 24.3 Å². The van der Waals surface area contributed by atoms with E-state index in [1.165, 1.54) is 0 Å². The predicted octanol–water partition coefficient (Wildman–Crippen LogP) is 3.53. The molecule has 0 atom stereocenters. The summed E-state index contributed by atoms with van der Waals surface area (Å²) in [7, 11) is 0. The SMILES string of the molecule is CCOc1cccc(C(=O)NC(=S)Nc2c(C)ccc3nsnc23)c1. The van der Waals surface area contributed by atoms with E-state index in [-0.39, 0.29) is 11.0 Å². The third kappa shape index (κ3) is 3.92. The molecule has 1 heterocycles. The number of thiocarbonyl (C=S) groups is 1. The van der Waals surface area contributed by atoms with Crippen molar-refractivity contribution in [2.75, 3.05) is 11.9 Å². The van der Waals surface area contributed by atoms with Crippen molar-refractivity contribution in [2.24, 2.45) is 0 Å². The fourth-order valence-electron chi connectivity index (χ4n) is 2.32. The first-order chi connectivity index (χ1) is 12.1. The van der Waals surface area contributed by atoms with Gasteiger partial charge in [-0.1, -0.05) is 12.1 Å². The molecule has 2 N–H and O–H groups in total. The van der Waals surface area contributed by atoms with Crippen molar-refractivity contribution in [1.29, 1.82) is 0 Å². The summed E-state index contributed by atoms with van der Waals surface area (Å²) in [5, 5.41) is 5.94. The number of ether oxygens (including phenoxy) is 1. The van der Waals surface area contributed by atoms with E-state index < -0.39 is 0 Å². The van der Waals surface area contributed by atoms with Gasteiger partial charge in [-0.25, -0.2) is 0 Å². The minimum absolute atomic E-state index is 0.204. The first-order valence-corrected chi connectivity index (χ1v) is 8.79. The van der Waals surface area contributed by atoms with Crippen molar-refractivity contribution in [3.8, 4) is 5.75 Å². The molecule has 0 bridgehead atoms. The zero-order valence-electron chi connectivity index (χ0n) is 13.7. The van der Waals surface area contributed by atoms with Crippen molar-refractivity contribution in [1.82, 2.24) is 14.1 Å². The highest BCUT2D eigenvalue weighted by Crippen LogP contribution is 2.25. The average Bonchev–Trinajstić information content (AvgIpc) is 3.07. The number of carbonyl (C=O) groups excluding carboxylic acids is 1. The van der Waals surface area contributed by atoms with Crippen LogP contribution in [0.2, 0.25) is 0 Å². The van der Waals surface area contributed by atoms with Gasteiger partial charge < -0.3 is 10.1 Å². The second kappa shape index (κ2) is 7.54. The maximum atomic E-state index is 12.4. The van der Waals surface area contributed by atoms with Crippen molar-refractivity contribution in [3.05, 3.63) is 47.5 Å². The Morgan fingerprint density at radius 1 is 1.28 bits per heavy atom. The average molecular weight is 372 g/mol. The first kappa shape index (κ1) is 17.2. The Bertz CT molecular complexity index is 939. The monoisotopic (exact) mass is 372 g/mol. The minimum atomic E-state index is -0.305. The Balaban J connectivity index is 1.74. The van der Waals surface area contributed by atoms with Crippen LogP contribution >= 0.6 is 23.9 Å². The van der Waals surface area contributed by atoms with E-state index in [2.05, 4.69) is 19.4 Å². The van der Waals surface area contributed by atoms with Gasteiger partial charge in [-0.3, -0.25) is 10.1 Å². The summed E-state index contributed by atoms with van der Waals surface area (Å²) in [6, 6.07) is 10.8. The van der Waals surface area contributed by atoms with Gasteiger partial charge in [-0.2, -0.15) is 8.75 Å². The van der Waals surface area contributed by atoms with Gasteiger partial charge >= 0.3 is 0 Å². The smallest absolute Gasteiger partial charge is 0.257 e. The number of anilines is 1. The van der Waals surface area contributed by atoms with Crippen LogP contribution in [-0.2, 0) is 0 Å². The largest absolute Gasteiger partial charge is 0.494 e. The van der Waals surface area contributed by atoms with Gasteiger partial charge in [0, 0.05) is 5.56 Å². The maximum absolute atomic E-state index is 12.4. The number of hydrogen-bond acceptors (Lipinski definition) is 6. The van der Waals surface area contributed by atoms with Gasteiger partial charge in [-0.15, -0.1) is 0 Å². The molecular weight excluding hydrogens is 356 g/mol. The fourth-order valence-corrected chi connectivity index (χ4v) is 3.06. The maximum Gasteiger partial charge on any atom is 0.257 e. The summed E-state index contributed by atoms with van der Waals surface area (Å²) in [6.45, 7) is 4.37. The Labute approximate surface area is 154 Å². The molecule has 3 aromatic rings. The van der Waals surface area contributed by atoms with Crippen LogP contribution in [0.1, 0.15) is 22.8 Å². The molecule has 0 radical (unpaired) electrons. The number of benzene rings is 2. The third-order valence-corrected chi connectivity index (χ3v) is 4.26. The normalized spacial score (nSPS) is 10.5. The van der Waals surface area contributed by atoms with Crippen LogP contribution in [0.5, 0.6) is 5.75 Å². The van der Waals surface area contributed by atoms with Gasteiger partial charge in [0.15, 0.2) is 5.11 Å². The van der Waals surface area contributed by atoms with Gasteiger partial charge in [0.1, 0.15) is 16.8 Å². The van der Waals surface area contributed by atoms with Gasteiger partial charge in [0.2, 0.25) is 0 Å². The summed E-state index contributed by atoms with van der Waals surface area (Å²) < 4.78 is 13.9. The van der Waals surface area contributed by atoms with E-state index >= 15 is 0 Å². The summed E-state index contributed by atoms with van der Waals surface area (Å²) in [4.78, 5) is 12.4. The van der Waals surface area contributed by atoms with E-state index in [0.29, 0.717) is 17.9 Å². The Morgan fingerprint density at radius 3 is 2.92 bits per heavy atom. The number of nitrogens with one attached hydrogen (secondary N) is 2. The molecule has 0 saturated heterocycles. The quantitative estimate of drug-likeness (QED) is 0.683. The Hall–Kier alpha value is -2.58. The van der Waals surface area contributed by atoms with Gasteiger partial charge in [-0.05, 0) is 55.9 Å². The van der Waals surface area contributed by atoms with Crippen molar-refractivity contribution in [2.45, 2.75) is 13.8 Å². The molecule has 0 aliphatic rings. The standard InChI is InChI=1S/C17H16N4O2S2/c1-3-23-12-6-4-5-11(9-12)16(22)19-17(24)18-14-10(2)7-8-13-15(14)21-25-20-13/h4-9H,3H2,1-2H3,(H2,18,19,22,24). The number of aromatic nitrogens is 2. The number of nitrogens with zero attached hydrogens (tertiary/aromatic N) is 2. The molecule has 0 aliphatic heterocycles. The molecule has 1 amide bonds. The topological polar surface area (TPSA) is 76.1 Å². The van der Waals surface area contributed by atoms with Crippen molar-refractivity contribution in [3.63, 3.8) is 0 Å². The van der Waals surface area contributed by atoms with E-state index in [9.17, 15) is 4.79 Å². The molecule has 0 spiro atoms. The molecule has 2 aromatic carbocycles. The molecule has 0 fully saturated rings. The molecule has 8 heteroatoms. The summed E-state index contributed by atoms with van der Waals surface area (Å²) in [5.74, 6) is 0.337. The number of rotatable bonds is 4. The van der Waals surface area contributed by atoms with Crippen LogP contribution in [0.25, 0.3) is 11.0 Å². The minimum Gasteiger partial charge on any atom is -0.494 e. The van der Waals surface area contributed by atoms with Crippen LogP contribution in [0.3, 0.4) is 0 Å². The lowest BCUT2D eigenvalue weighted by Crippen LogP contribution is -2.34. The number of aryl methyl sites for hydroxylation is 1. The van der Waals surface area contributed by atoms with Crippen LogP contribution in [0.4, 0.5) is 5.69 Å².